The van der Waals surface area contributed by atoms with Crippen LogP contribution in [0.4, 0.5) is 4.79 Å². The van der Waals surface area contributed by atoms with Crippen LogP contribution in [0.1, 0.15) is 48.5 Å². The minimum absolute atomic E-state index is 0.165. The molecule has 41 heavy (non-hydrogen) atoms. The van der Waals surface area contributed by atoms with E-state index in [0.29, 0.717) is 23.9 Å². The Morgan fingerprint density at radius 3 is 2.22 bits per heavy atom. The van der Waals surface area contributed by atoms with Gasteiger partial charge < -0.3 is 14.5 Å². The van der Waals surface area contributed by atoms with Crippen molar-refractivity contribution in [1.82, 2.24) is 15.0 Å². The quantitative estimate of drug-likeness (QED) is 0.195. The summed E-state index contributed by atoms with van der Waals surface area (Å²) in [5.41, 5.74) is 2.79. The van der Waals surface area contributed by atoms with Crippen molar-refractivity contribution in [2.45, 2.75) is 51.8 Å². The van der Waals surface area contributed by atoms with Crippen molar-refractivity contribution < 1.29 is 27.2 Å². The number of nitrogens with one attached hydrogen (secondary N) is 2. The number of Topliss-reactive ketones (excluding diaryl/α,β-unsaturated/α-hetero) is 1. The summed E-state index contributed by atoms with van der Waals surface area (Å²) in [6, 6.07) is 24.6. The summed E-state index contributed by atoms with van der Waals surface area (Å²) in [5, 5.41) is 2.67. The minimum Gasteiger partial charge on any atom is -0.445 e. The summed E-state index contributed by atoms with van der Waals surface area (Å²) in [4.78, 5) is 30.4. The third-order valence-electron chi connectivity index (χ3n) is 6.91. The smallest absolute Gasteiger partial charge is 0.407 e. The average Bonchev–Trinajstić information content (AvgIpc) is 3.42. The molecule has 216 valence electrons. The van der Waals surface area contributed by atoms with E-state index in [0.717, 1.165) is 11.1 Å². The highest BCUT2D eigenvalue weighted by atomic mass is 32.2. The number of sulfonamides is 1. The van der Waals surface area contributed by atoms with E-state index >= 15 is 0 Å². The van der Waals surface area contributed by atoms with E-state index in [9.17, 15) is 18.0 Å². The SMILES string of the molecule is CCC(C)C(CS(=O)(=O)NC(CCc1ccccc1)C(=O)c1nc2ccccc2o1)OC(=O)NCc1ccccc1. The van der Waals surface area contributed by atoms with Crippen LogP contribution in [0, 0.1) is 5.92 Å². The van der Waals surface area contributed by atoms with Gasteiger partial charge >= 0.3 is 6.09 Å². The van der Waals surface area contributed by atoms with Crippen LogP contribution in [-0.4, -0.2) is 43.2 Å². The number of carbonyl (C=O) groups is 2. The van der Waals surface area contributed by atoms with E-state index in [1.54, 1.807) is 24.3 Å². The van der Waals surface area contributed by atoms with Gasteiger partial charge in [-0.15, -0.1) is 0 Å². The fraction of sp³-hybridized carbons (Fsp3) is 0.323. The third-order valence-corrected chi connectivity index (χ3v) is 8.32. The molecule has 0 saturated carbocycles. The number of nitrogens with zero attached hydrogens (tertiary/aromatic N) is 1. The lowest BCUT2D eigenvalue weighted by atomic mass is 10.0. The number of oxazole rings is 1. The minimum atomic E-state index is -4.08. The van der Waals surface area contributed by atoms with E-state index in [-0.39, 0.29) is 24.8 Å². The number of aromatic nitrogens is 1. The van der Waals surface area contributed by atoms with Crippen LogP contribution in [0.5, 0.6) is 0 Å². The maximum atomic E-state index is 13.5. The number of alkyl carbamates (subject to hydrolysis) is 1. The molecule has 0 aliphatic heterocycles. The van der Waals surface area contributed by atoms with Crippen LogP contribution in [0.25, 0.3) is 11.1 Å². The summed E-state index contributed by atoms with van der Waals surface area (Å²) in [5.74, 6) is -1.47. The molecule has 0 bridgehead atoms. The number of amides is 1. The number of rotatable bonds is 14. The van der Waals surface area contributed by atoms with Crippen molar-refractivity contribution in [2.75, 3.05) is 5.75 Å². The Hall–Kier alpha value is -4.02. The van der Waals surface area contributed by atoms with Crippen LogP contribution < -0.4 is 10.0 Å². The van der Waals surface area contributed by atoms with Crippen molar-refractivity contribution >= 4 is 33.0 Å². The Morgan fingerprint density at radius 2 is 1.56 bits per heavy atom. The predicted molar refractivity (Wildman–Crippen MR) is 157 cm³/mol. The zero-order chi connectivity index (χ0) is 29.2. The molecule has 1 aromatic heterocycles. The van der Waals surface area contributed by atoms with E-state index in [1.165, 1.54) is 0 Å². The maximum absolute atomic E-state index is 13.5. The fourth-order valence-electron chi connectivity index (χ4n) is 4.33. The number of hydrogen-bond donors (Lipinski definition) is 2. The number of benzene rings is 3. The highest BCUT2D eigenvalue weighted by molar-refractivity contribution is 7.89. The first-order valence-corrected chi connectivity index (χ1v) is 15.3. The van der Waals surface area contributed by atoms with Crippen molar-refractivity contribution in [3.8, 4) is 0 Å². The van der Waals surface area contributed by atoms with Crippen LogP contribution in [0.15, 0.2) is 89.3 Å². The normalized spacial score (nSPS) is 13.8. The Balaban J connectivity index is 1.48. The van der Waals surface area contributed by atoms with Crippen molar-refractivity contribution in [2.24, 2.45) is 5.92 Å². The van der Waals surface area contributed by atoms with Gasteiger partial charge in [-0.3, -0.25) is 4.79 Å². The zero-order valence-electron chi connectivity index (χ0n) is 23.2. The summed E-state index contributed by atoms with van der Waals surface area (Å²) in [6.45, 7) is 3.96. The summed E-state index contributed by atoms with van der Waals surface area (Å²) < 4.78 is 40.6. The lowest BCUT2D eigenvalue weighted by molar-refractivity contribution is 0.0772. The molecule has 1 heterocycles. The summed E-state index contributed by atoms with van der Waals surface area (Å²) in [6.07, 6.45) is -0.411. The highest BCUT2D eigenvalue weighted by Gasteiger charge is 2.33. The average molecular weight is 578 g/mol. The number of ether oxygens (including phenoxy) is 1. The van der Waals surface area contributed by atoms with Gasteiger partial charge in [-0.05, 0) is 42.0 Å². The number of hydrogen-bond acceptors (Lipinski definition) is 7. The van der Waals surface area contributed by atoms with Crippen LogP contribution in [-0.2, 0) is 27.7 Å². The van der Waals surface area contributed by atoms with Gasteiger partial charge in [0.25, 0.3) is 5.89 Å². The molecule has 4 rings (SSSR count). The van der Waals surface area contributed by atoms with E-state index < -0.39 is 39.8 Å². The second-order valence-corrected chi connectivity index (χ2v) is 11.8. The van der Waals surface area contributed by atoms with Crippen LogP contribution >= 0.6 is 0 Å². The Bertz CT molecular complexity index is 1510. The second kappa shape index (κ2) is 14.0. The van der Waals surface area contributed by atoms with Gasteiger partial charge in [-0.1, -0.05) is 93.1 Å². The highest BCUT2D eigenvalue weighted by Crippen LogP contribution is 2.19. The Morgan fingerprint density at radius 1 is 0.927 bits per heavy atom. The third kappa shape index (κ3) is 8.73. The van der Waals surface area contributed by atoms with Gasteiger partial charge in [0.1, 0.15) is 17.4 Å². The lowest BCUT2D eigenvalue weighted by Crippen LogP contribution is -2.46. The molecule has 3 aromatic carbocycles. The number of fused-ring (bicyclic) bond motifs is 1. The molecule has 1 amide bonds. The first-order chi connectivity index (χ1) is 19.7. The topological polar surface area (TPSA) is 128 Å². The molecule has 0 aliphatic carbocycles. The molecule has 10 heteroatoms. The zero-order valence-corrected chi connectivity index (χ0v) is 24.0. The molecule has 0 radical (unpaired) electrons. The Labute approximate surface area is 240 Å². The largest absolute Gasteiger partial charge is 0.445 e. The van der Waals surface area contributed by atoms with Crippen molar-refractivity contribution in [3.63, 3.8) is 0 Å². The number of para-hydroxylation sites is 2. The molecular weight excluding hydrogens is 542 g/mol. The molecule has 0 saturated heterocycles. The fourth-order valence-corrected chi connectivity index (χ4v) is 5.92. The van der Waals surface area contributed by atoms with Crippen molar-refractivity contribution in [3.05, 3.63) is 102 Å². The standard InChI is InChI=1S/C31H35N3O6S/c1-3-22(2)28(40-31(36)32-20-24-14-8-5-9-15-24)21-41(37,38)34-26(19-18-23-12-6-4-7-13-23)29(35)30-33-25-16-10-11-17-27(25)39-30/h4-17,22,26,28,34H,3,18-21H2,1-2H3,(H,32,36). The molecule has 3 unspecified atom stereocenters. The maximum Gasteiger partial charge on any atom is 0.407 e. The number of carbonyl (C=O) groups excluding carboxylic acids is 2. The first-order valence-electron chi connectivity index (χ1n) is 13.7. The summed E-state index contributed by atoms with van der Waals surface area (Å²) in [7, 11) is -4.08. The molecule has 0 fully saturated rings. The van der Waals surface area contributed by atoms with Gasteiger partial charge in [-0.25, -0.2) is 22.9 Å². The van der Waals surface area contributed by atoms with E-state index in [4.69, 9.17) is 9.15 Å². The molecule has 2 N–H and O–H groups in total. The molecule has 0 spiro atoms. The predicted octanol–water partition coefficient (Wildman–Crippen LogP) is 5.27. The van der Waals surface area contributed by atoms with Gasteiger partial charge in [0.15, 0.2) is 5.58 Å². The van der Waals surface area contributed by atoms with Gasteiger partial charge in [0, 0.05) is 6.54 Å². The van der Waals surface area contributed by atoms with Crippen LogP contribution in [0.2, 0.25) is 0 Å². The first kappa shape index (κ1) is 30.0. The molecule has 4 aromatic rings. The summed E-state index contributed by atoms with van der Waals surface area (Å²) >= 11 is 0. The Kier molecular flexibility index (Phi) is 10.3. The van der Waals surface area contributed by atoms with Crippen LogP contribution in [0.3, 0.4) is 0 Å². The van der Waals surface area contributed by atoms with Gasteiger partial charge in [0.05, 0.1) is 6.04 Å². The lowest BCUT2D eigenvalue weighted by Gasteiger charge is -2.25. The van der Waals surface area contributed by atoms with Crippen molar-refractivity contribution in [1.29, 1.82) is 0 Å². The van der Waals surface area contributed by atoms with Gasteiger partial charge in [0.2, 0.25) is 15.8 Å². The molecule has 3 atom stereocenters. The van der Waals surface area contributed by atoms with E-state index in [1.807, 2.05) is 74.5 Å². The molecular formula is C31H35N3O6S. The molecule has 0 aliphatic rings. The number of ketones is 1. The monoisotopic (exact) mass is 577 g/mol. The molecule has 9 nitrogen and oxygen atoms in total. The van der Waals surface area contributed by atoms with Gasteiger partial charge in [-0.2, -0.15) is 0 Å². The van der Waals surface area contributed by atoms with E-state index in [2.05, 4.69) is 15.0 Å². The number of aryl methyl sites for hydroxylation is 1. The second-order valence-electron chi connectivity index (χ2n) is 10.00.